The molecule has 2 aliphatic rings. The van der Waals surface area contributed by atoms with Crippen LogP contribution < -0.4 is 20.1 Å². The fraction of sp³-hybridized carbons (Fsp3) is 0.500. The average molecular weight is 319 g/mol. The molecule has 0 unspecified atom stereocenters. The number of likely N-dealkylation sites (tertiary alicyclic amines) is 1. The first kappa shape index (κ1) is 15.6. The first-order valence-electron chi connectivity index (χ1n) is 7.82. The summed E-state index contributed by atoms with van der Waals surface area (Å²) < 4.78 is 10.8. The second kappa shape index (κ2) is 6.87. The highest BCUT2D eigenvalue weighted by molar-refractivity contribution is 5.94. The first-order chi connectivity index (χ1) is 11.2. The molecule has 7 nitrogen and oxygen atoms in total. The highest BCUT2D eigenvalue weighted by atomic mass is 16.7. The third-order valence-electron chi connectivity index (χ3n) is 4.25. The number of urea groups is 1. The molecule has 2 N–H and O–H groups in total. The van der Waals surface area contributed by atoms with Crippen molar-refractivity contribution in [2.75, 3.05) is 26.9 Å². The summed E-state index contributed by atoms with van der Waals surface area (Å²) in [5.74, 6) is 1.30. The molecule has 23 heavy (non-hydrogen) atoms. The summed E-state index contributed by atoms with van der Waals surface area (Å²) in [4.78, 5) is 25.1. The number of fused-ring (bicyclic) bond motifs is 1. The van der Waals surface area contributed by atoms with Crippen molar-refractivity contribution < 1.29 is 19.1 Å². The van der Waals surface area contributed by atoms with Gasteiger partial charge in [-0.1, -0.05) is 6.07 Å². The largest absolute Gasteiger partial charge is 0.454 e. The van der Waals surface area contributed by atoms with Crippen LogP contribution in [0.4, 0.5) is 4.79 Å². The van der Waals surface area contributed by atoms with E-state index in [1.54, 1.807) is 0 Å². The number of hydrogen-bond donors (Lipinski definition) is 2. The van der Waals surface area contributed by atoms with Gasteiger partial charge >= 0.3 is 6.03 Å². The minimum absolute atomic E-state index is 0.263. The highest BCUT2D eigenvalue weighted by Gasteiger charge is 2.27. The van der Waals surface area contributed by atoms with Crippen molar-refractivity contribution in [3.63, 3.8) is 0 Å². The standard InChI is InChI=1S/C16H21N3O4/c1-17-16(21)18-15(20)6-8-19-7-2-3-12(19)11-4-5-13-14(9-11)23-10-22-13/h4-5,9,12H,2-3,6-8,10H2,1H3,(H2,17,18,20,21)/t12-/m0/s1. The van der Waals surface area contributed by atoms with Crippen LogP contribution in [-0.2, 0) is 4.79 Å². The van der Waals surface area contributed by atoms with E-state index in [-0.39, 0.29) is 18.7 Å². The maximum absolute atomic E-state index is 11.7. The fourth-order valence-electron chi connectivity index (χ4n) is 3.09. The van der Waals surface area contributed by atoms with Crippen LogP contribution in [0.2, 0.25) is 0 Å². The zero-order chi connectivity index (χ0) is 16.2. The molecule has 7 heteroatoms. The lowest BCUT2D eigenvalue weighted by atomic mass is 10.0. The molecule has 1 aromatic carbocycles. The van der Waals surface area contributed by atoms with Gasteiger partial charge in [-0.3, -0.25) is 15.0 Å². The molecule has 0 aliphatic carbocycles. The number of hydrogen-bond acceptors (Lipinski definition) is 5. The zero-order valence-corrected chi connectivity index (χ0v) is 13.1. The third kappa shape index (κ3) is 3.56. The van der Waals surface area contributed by atoms with Crippen molar-refractivity contribution in [1.82, 2.24) is 15.5 Å². The Balaban J connectivity index is 1.59. The number of nitrogens with zero attached hydrogens (tertiary/aromatic N) is 1. The summed E-state index contributed by atoms with van der Waals surface area (Å²) in [5, 5.41) is 4.66. The molecule has 2 heterocycles. The van der Waals surface area contributed by atoms with E-state index < -0.39 is 6.03 Å². The highest BCUT2D eigenvalue weighted by Crippen LogP contribution is 2.38. The number of carbonyl (C=O) groups is 2. The van der Waals surface area contributed by atoms with Gasteiger partial charge in [-0.05, 0) is 37.1 Å². The Morgan fingerprint density at radius 2 is 2.13 bits per heavy atom. The molecule has 0 radical (unpaired) electrons. The van der Waals surface area contributed by atoms with Gasteiger partial charge in [-0.15, -0.1) is 0 Å². The van der Waals surface area contributed by atoms with Gasteiger partial charge in [-0.25, -0.2) is 4.79 Å². The van der Waals surface area contributed by atoms with E-state index >= 15 is 0 Å². The minimum atomic E-state index is -0.469. The molecule has 1 fully saturated rings. The van der Waals surface area contributed by atoms with Crippen LogP contribution >= 0.6 is 0 Å². The Morgan fingerprint density at radius 1 is 1.30 bits per heavy atom. The molecule has 1 saturated heterocycles. The van der Waals surface area contributed by atoms with Gasteiger partial charge in [0.2, 0.25) is 12.7 Å². The summed E-state index contributed by atoms with van der Waals surface area (Å²) in [6, 6.07) is 5.82. The van der Waals surface area contributed by atoms with Gasteiger partial charge in [0.1, 0.15) is 0 Å². The molecule has 1 aromatic rings. The Hall–Kier alpha value is -2.28. The quantitative estimate of drug-likeness (QED) is 0.877. The number of nitrogens with one attached hydrogen (secondary N) is 2. The number of carbonyl (C=O) groups excluding carboxylic acids is 2. The van der Waals surface area contributed by atoms with Crippen LogP contribution in [0.5, 0.6) is 11.5 Å². The second-order valence-corrected chi connectivity index (χ2v) is 5.68. The van der Waals surface area contributed by atoms with Gasteiger partial charge in [0, 0.05) is 26.1 Å². The maximum atomic E-state index is 11.7. The lowest BCUT2D eigenvalue weighted by molar-refractivity contribution is -0.120. The van der Waals surface area contributed by atoms with E-state index in [1.165, 1.54) is 12.6 Å². The molecular formula is C16H21N3O4. The van der Waals surface area contributed by atoms with Crippen molar-refractivity contribution in [2.24, 2.45) is 0 Å². The van der Waals surface area contributed by atoms with Gasteiger partial charge in [0.05, 0.1) is 0 Å². The van der Waals surface area contributed by atoms with Gasteiger partial charge in [0.25, 0.3) is 0 Å². The molecule has 2 aliphatic heterocycles. The molecule has 3 amide bonds. The molecule has 0 saturated carbocycles. The topological polar surface area (TPSA) is 79.9 Å². The molecule has 3 rings (SSSR count). The molecule has 124 valence electrons. The lowest BCUT2D eigenvalue weighted by Gasteiger charge is -2.24. The van der Waals surface area contributed by atoms with Crippen molar-refractivity contribution in [3.05, 3.63) is 23.8 Å². The van der Waals surface area contributed by atoms with E-state index in [1.807, 2.05) is 12.1 Å². The average Bonchev–Trinajstić information content (AvgIpc) is 3.20. The lowest BCUT2D eigenvalue weighted by Crippen LogP contribution is -2.39. The Kier molecular flexibility index (Phi) is 4.66. The first-order valence-corrected chi connectivity index (χ1v) is 7.82. The van der Waals surface area contributed by atoms with Crippen molar-refractivity contribution in [2.45, 2.75) is 25.3 Å². The number of imide groups is 1. The van der Waals surface area contributed by atoms with Crippen LogP contribution in [0.3, 0.4) is 0 Å². The molecule has 0 bridgehead atoms. The third-order valence-corrected chi connectivity index (χ3v) is 4.25. The summed E-state index contributed by atoms with van der Waals surface area (Å²) in [6.07, 6.45) is 2.45. The van der Waals surface area contributed by atoms with E-state index in [0.717, 1.165) is 30.9 Å². The summed E-state index contributed by atoms with van der Waals surface area (Å²) >= 11 is 0. The van der Waals surface area contributed by atoms with E-state index in [4.69, 9.17) is 9.47 Å². The fourth-order valence-corrected chi connectivity index (χ4v) is 3.09. The minimum Gasteiger partial charge on any atom is -0.454 e. The van der Waals surface area contributed by atoms with Gasteiger partial charge in [0.15, 0.2) is 11.5 Å². The van der Waals surface area contributed by atoms with Gasteiger partial charge in [-0.2, -0.15) is 0 Å². The van der Waals surface area contributed by atoms with E-state index in [0.29, 0.717) is 13.0 Å². The zero-order valence-electron chi connectivity index (χ0n) is 13.1. The van der Waals surface area contributed by atoms with Crippen LogP contribution in [-0.4, -0.2) is 43.8 Å². The predicted molar refractivity (Wildman–Crippen MR) is 83.3 cm³/mol. The normalized spacial score (nSPS) is 19.6. The molecular weight excluding hydrogens is 298 g/mol. The Bertz CT molecular complexity index is 605. The Morgan fingerprint density at radius 3 is 2.96 bits per heavy atom. The monoisotopic (exact) mass is 319 g/mol. The maximum Gasteiger partial charge on any atom is 0.321 e. The number of benzene rings is 1. The molecule has 0 aromatic heterocycles. The van der Waals surface area contributed by atoms with Crippen LogP contribution in [0, 0.1) is 0 Å². The van der Waals surface area contributed by atoms with Crippen molar-refractivity contribution >= 4 is 11.9 Å². The van der Waals surface area contributed by atoms with E-state index in [2.05, 4.69) is 21.6 Å². The summed E-state index contributed by atoms with van der Waals surface area (Å²) in [6.45, 7) is 1.85. The Labute approximate surface area is 134 Å². The van der Waals surface area contributed by atoms with Crippen LogP contribution in [0.25, 0.3) is 0 Å². The molecule has 1 atom stereocenters. The number of amides is 3. The summed E-state index contributed by atoms with van der Waals surface area (Å²) in [7, 11) is 1.48. The number of rotatable bonds is 4. The summed E-state index contributed by atoms with van der Waals surface area (Å²) in [5.41, 5.74) is 1.18. The van der Waals surface area contributed by atoms with Crippen LogP contribution in [0.1, 0.15) is 30.9 Å². The van der Waals surface area contributed by atoms with E-state index in [9.17, 15) is 9.59 Å². The second-order valence-electron chi connectivity index (χ2n) is 5.68. The number of ether oxygens (including phenoxy) is 2. The SMILES string of the molecule is CNC(=O)NC(=O)CCN1CCC[C@H]1c1ccc2c(c1)OCO2. The van der Waals surface area contributed by atoms with Gasteiger partial charge < -0.3 is 14.8 Å². The van der Waals surface area contributed by atoms with Crippen molar-refractivity contribution in [1.29, 1.82) is 0 Å². The molecule has 0 spiro atoms. The smallest absolute Gasteiger partial charge is 0.321 e. The van der Waals surface area contributed by atoms with Crippen molar-refractivity contribution in [3.8, 4) is 11.5 Å². The van der Waals surface area contributed by atoms with Crippen LogP contribution in [0.15, 0.2) is 18.2 Å². The predicted octanol–water partition coefficient (Wildman–Crippen LogP) is 1.40.